The lowest BCUT2D eigenvalue weighted by molar-refractivity contribution is -0.298. The zero-order valence-electron chi connectivity index (χ0n) is 31.1. The zero-order valence-corrected chi connectivity index (χ0v) is 31.1. The fourth-order valence-electron chi connectivity index (χ4n) is 12.7. The van der Waals surface area contributed by atoms with Gasteiger partial charge in [0.05, 0.1) is 49.5 Å². The number of allylic oxidation sites excluding steroid dienone is 1. The lowest BCUT2D eigenvalue weighted by atomic mass is 9.33. The van der Waals surface area contributed by atoms with Crippen molar-refractivity contribution in [2.75, 3.05) is 27.4 Å². The Morgan fingerprint density at radius 1 is 0.863 bits per heavy atom. The van der Waals surface area contributed by atoms with Crippen LogP contribution in [-0.2, 0) is 28.5 Å². The van der Waals surface area contributed by atoms with Crippen LogP contribution in [0.2, 0.25) is 0 Å². The van der Waals surface area contributed by atoms with Crippen LogP contribution >= 0.6 is 0 Å². The molecule has 0 amide bonds. The van der Waals surface area contributed by atoms with Crippen molar-refractivity contribution in [2.45, 2.75) is 135 Å². The second-order valence-electron chi connectivity index (χ2n) is 18.1. The predicted molar refractivity (Wildman–Crippen MR) is 180 cm³/mol. The van der Waals surface area contributed by atoms with Crippen LogP contribution in [0.3, 0.4) is 0 Å². The number of methoxy groups -OCH3 is 2. The van der Waals surface area contributed by atoms with Crippen LogP contribution in [0.15, 0.2) is 11.6 Å². The van der Waals surface area contributed by atoms with E-state index in [4.69, 9.17) is 18.9 Å². The number of rotatable bonds is 6. The summed E-state index contributed by atoms with van der Waals surface area (Å²) in [6.07, 6.45) is -4.71. The van der Waals surface area contributed by atoms with E-state index in [9.17, 15) is 45.3 Å². The molecule has 1 heterocycles. The number of aliphatic hydroxyl groups is 7. The van der Waals surface area contributed by atoms with Crippen LogP contribution in [0, 0.1) is 50.2 Å². The van der Waals surface area contributed by atoms with Crippen LogP contribution in [0.25, 0.3) is 0 Å². The number of carbonyl (C=O) groups is 2. The van der Waals surface area contributed by atoms with Crippen LogP contribution in [0.4, 0.5) is 0 Å². The van der Waals surface area contributed by atoms with E-state index in [2.05, 4.69) is 26.8 Å². The molecule has 7 N–H and O–H groups in total. The second-order valence-corrected chi connectivity index (χ2v) is 18.1. The molecule has 5 fully saturated rings. The Morgan fingerprint density at radius 2 is 1.53 bits per heavy atom. The molecule has 5 aliphatic carbocycles. The first-order chi connectivity index (χ1) is 23.8. The summed E-state index contributed by atoms with van der Waals surface area (Å²) in [5.74, 6) is -1.75. The van der Waals surface area contributed by atoms with Crippen molar-refractivity contribution < 1.29 is 64.3 Å². The summed E-state index contributed by atoms with van der Waals surface area (Å²) < 4.78 is 23.1. The largest absolute Gasteiger partial charge is 0.469 e. The molecule has 13 heteroatoms. The number of fused-ring (bicyclic) bond motifs is 7. The maximum atomic E-state index is 14.6. The van der Waals surface area contributed by atoms with Crippen molar-refractivity contribution in [2.24, 2.45) is 50.2 Å². The Kier molecular flexibility index (Phi) is 9.93. The molecule has 0 aromatic heterocycles. The first-order valence-electron chi connectivity index (χ1n) is 18.6. The summed E-state index contributed by atoms with van der Waals surface area (Å²) in [5, 5.41) is 74.5. The molecule has 6 rings (SSSR count). The molecule has 6 aliphatic rings. The Balaban J connectivity index is 1.45. The third kappa shape index (κ3) is 5.27. The van der Waals surface area contributed by atoms with Gasteiger partial charge >= 0.3 is 11.9 Å². The summed E-state index contributed by atoms with van der Waals surface area (Å²) in [6, 6.07) is 0. The van der Waals surface area contributed by atoms with Crippen molar-refractivity contribution in [3.8, 4) is 0 Å². The quantitative estimate of drug-likeness (QED) is 0.152. The lowest BCUT2D eigenvalue weighted by Crippen LogP contribution is -2.70. The third-order valence-electron chi connectivity index (χ3n) is 15.9. The minimum atomic E-state index is -1.75. The van der Waals surface area contributed by atoms with Gasteiger partial charge in [-0.2, -0.15) is 0 Å². The van der Waals surface area contributed by atoms with Crippen molar-refractivity contribution in [3.05, 3.63) is 11.6 Å². The van der Waals surface area contributed by atoms with E-state index < -0.39 is 100 Å². The highest BCUT2D eigenvalue weighted by Crippen LogP contribution is 2.76. The topological polar surface area (TPSA) is 213 Å². The molecule has 0 unspecified atom stereocenters. The van der Waals surface area contributed by atoms with Gasteiger partial charge in [-0.15, -0.1) is 0 Å². The molecule has 290 valence electrons. The van der Waals surface area contributed by atoms with Crippen molar-refractivity contribution in [3.63, 3.8) is 0 Å². The van der Waals surface area contributed by atoms with Gasteiger partial charge in [0, 0.05) is 18.4 Å². The molecule has 4 saturated carbocycles. The summed E-state index contributed by atoms with van der Waals surface area (Å²) in [4.78, 5) is 28.0. The molecule has 0 radical (unpaired) electrons. The molecule has 0 spiro atoms. The SMILES string of the molecule is COC(=O)[C@@]1(C)CC[C@]2(C(=O)O[C@@H]3O[C@H](CO)[C@@H](O)[C@H](O)[C@H]3O)CC[C@]3(C)C(=C[C@@H](OC)[C@@H]4[C@@]5(C)C[C@H](O)[C@H](O)[C@@](C)(CO)[C@@H]5CC[C@]43C)[C@@H]2C1. The van der Waals surface area contributed by atoms with E-state index in [0.29, 0.717) is 32.1 Å². The van der Waals surface area contributed by atoms with Gasteiger partial charge in [0.1, 0.15) is 24.4 Å². The molecule has 1 saturated heterocycles. The van der Waals surface area contributed by atoms with E-state index >= 15 is 0 Å². The van der Waals surface area contributed by atoms with E-state index in [1.807, 2.05) is 13.8 Å². The fourth-order valence-corrected chi connectivity index (χ4v) is 12.7. The molecule has 1 aliphatic heterocycles. The molecule has 51 heavy (non-hydrogen) atoms. The highest BCUT2D eigenvalue weighted by atomic mass is 16.7. The highest BCUT2D eigenvalue weighted by molar-refractivity contribution is 5.81. The smallest absolute Gasteiger partial charge is 0.315 e. The van der Waals surface area contributed by atoms with Crippen molar-refractivity contribution >= 4 is 11.9 Å². The first-order valence-corrected chi connectivity index (χ1v) is 18.6. The number of esters is 2. The monoisotopic (exact) mass is 724 g/mol. The Hall–Kier alpha value is -1.68. The molecule has 13 nitrogen and oxygen atoms in total. The van der Waals surface area contributed by atoms with E-state index in [1.54, 1.807) is 7.11 Å². The third-order valence-corrected chi connectivity index (χ3v) is 15.9. The maximum Gasteiger partial charge on any atom is 0.315 e. The number of hydrogen-bond acceptors (Lipinski definition) is 13. The van der Waals surface area contributed by atoms with Crippen molar-refractivity contribution in [1.82, 2.24) is 0 Å². The standard InChI is InChI=1S/C38H60O13/c1-33(31(46)49-7)10-12-38(32(47)51-30-27(44)26(43)25(42)23(17-39)50-30)13-11-36(4)19(20(38)15-33)14-22(48-6)28-34(2)16-21(41)29(45)35(3,18-40)24(34)8-9-37(28,36)5/h14,20-30,39-45H,8-13,15-18H2,1-7H3/t20-,21-,22+,23+,24+,25+,26-,27+,28+,29-,30-,33-,34-,35-,36+,37+,38-/m0/s1. The number of hydrogen-bond donors (Lipinski definition) is 7. The van der Waals surface area contributed by atoms with Gasteiger partial charge in [-0.3, -0.25) is 9.59 Å². The second kappa shape index (κ2) is 13.0. The van der Waals surface area contributed by atoms with E-state index in [-0.39, 0.29) is 37.3 Å². The summed E-state index contributed by atoms with van der Waals surface area (Å²) in [5.41, 5.74) is -3.43. The Morgan fingerprint density at radius 3 is 2.14 bits per heavy atom. The Bertz CT molecular complexity index is 1400. The average molecular weight is 725 g/mol. The lowest BCUT2D eigenvalue weighted by Gasteiger charge is -2.72. The van der Waals surface area contributed by atoms with Gasteiger partial charge in [0.25, 0.3) is 0 Å². The highest BCUT2D eigenvalue weighted by Gasteiger charge is 2.73. The summed E-state index contributed by atoms with van der Waals surface area (Å²) in [7, 11) is 3.01. The van der Waals surface area contributed by atoms with Gasteiger partial charge in [-0.25, -0.2) is 0 Å². The minimum Gasteiger partial charge on any atom is -0.469 e. The minimum absolute atomic E-state index is 0.101. The zero-order chi connectivity index (χ0) is 37.7. The normalized spacial score (nSPS) is 53.8. The van der Waals surface area contributed by atoms with Crippen molar-refractivity contribution in [1.29, 1.82) is 0 Å². The summed E-state index contributed by atoms with van der Waals surface area (Å²) >= 11 is 0. The van der Waals surface area contributed by atoms with Gasteiger partial charge in [0.2, 0.25) is 6.29 Å². The van der Waals surface area contributed by atoms with Gasteiger partial charge in [-0.1, -0.05) is 39.3 Å². The molecular formula is C38H60O13. The number of ether oxygens (including phenoxy) is 4. The van der Waals surface area contributed by atoms with E-state index in [0.717, 1.165) is 12.0 Å². The molecule has 0 bridgehead atoms. The first kappa shape index (κ1) is 39.0. The maximum absolute atomic E-state index is 14.6. The summed E-state index contributed by atoms with van der Waals surface area (Å²) in [6.45, 7) is 9.46. The fraction of sp³-hybridized carbons (Fsp3) is 0.895. The molecule has 0 aromatic carbocycles. The number of carbonyl (C=O) groups excluding carboxylic acids is 2. The van der Waals surface area contributed by atoms with Crippen LogP contribution in [0.1, 0.15) is 86.0 Å². The van der Waals surface area contributed by atoms with Crippen LogP contribution < -0.4 is 0 Å². The molecule has 17 atom stereocenters. The van der Waals surface area contributed by atoms with Gasteiger partial charge < -0.3 is 54.7 Å². The van der Waals surface area contributed by atoms with E-state index in [1.165, 1.54) is 7.11 Å². The number of aliphatic hydroxyl groups excluding tert-OH is 7. The van der Waals surface area contributed by atoms with Gasteiger partial charge in [-0.05, 0) is 86.4 Å². The molecular weight excluding hydrogens is 664 g/mol. The van der Waals surface area contributed by atoms with Crippen LogP contribution in [-0.4, -0.2) is 124 Å². The average Bonchev–Trinajstić information content (AvgIpc) is 3.10. The van der Waals surface area contributed by atoms with Gasteiger partial charge in [0.15, 0.2) is 0 Å². The predicted octanol–water partition coefficient (Wildman–Crippen LogP) is 1.21. The Labute approximate surface area is 300 Å². The van der Waals surface area contributed by atoms with Crippen LogP contribution in [0.5, 0.6) is 0 Å². The molecule has 0 aromatic rings.